The molecule has 0 saturated carbocycles. The molecular weight excluding hydrogens is 80.0 g/mol. The molecule has 1 aliphatic heterocycles. The van der Waals surface area contributed by atoms with Crippen LogP contribution in [0.5, 0.6) is 0 Å². The minimum atomic E-state index is -0.579. The van der Waals surface area contributed by atoms with Crippen LogP contribution in [0.15, 0.2) is 0 Å². The number of rotatable bonds is 0. The van der Waals surface area contributed by atoms with Crippen LogP contribution in [0.2, 0.25) is 0 Å². The van der Waals surface area contributed by atoms with E-state index in [9.17, 15) is 0 Å². The monoisotopic (exact) mass is 87.1 g/mol. The summed E-state index contributed by atoms with van der Waals surface area (Å²) in [5.74, 6) is 0. The zero-order valence-electron chi connectivity index (χ0n) is 3.39. The van der Waals surface area contributed by atoms with Crippen molar-refractivity contribution < 1.29 is 5.11 Å². The normalized spacial score (nSPS) is 25.5. The fourth-order valence-electron chi connectivity index (χ4n) is 0.445. The fourth-order valence-corrected chi connectivity index (χ4v) is 0.445. The Balaban J connectivity index is 2.18. The van der Waals surface area contributed by atoms with E-state index in [-0.39, 0.29) is 0 Å². The van der Waals surface area contributed by atoms with Gasteiger partial charge in [-0.15, -0.1) is 0 Å². The van der Waals surface area contributed by atoms with Crippen LogP contribution in [-0.2, 0) is 0 Å². The Hall–Kier alpha value is -0.120. The predicted molar refractivity (Wildman–Crippen MR) is 21.0 cm³/mol. The minimum Gasteiger partial charge on any atom is -0.364 e. The Morgan fingerprint density at radius 1 is 1.83 bits per heavy atom. The van der Waals surface area contributed by atoms with Crippen LogP contribution >= 0.6 is 0 Å². The van der Waals surface area contributed by atoms with Gasteiger partial charge < -0.3 is 5.11 Å². The maximum atomic E-state index is 8.45. The Labute approximate surface area is 36.4 Å². The molecule has 6 heavy (non-hydrogen) atoms. The Kier molecular flexibility index (Phi) is 1.05. The Morgan fingerprint density at radius 3 is 2.83 bits per heavy atom. The number of nitrogens with zero attached hydrogens (tertiary/aromatic N) is 1. The van der Waals surface area contributed by atoms with E-state index in [0.29, 0.717) is 0 Å². The summed E-state index contributed by atoms with van der Waals surface area (Å²) in [7, 11) is 0. The zero-order chi connectivity index (χ0) is 4.41. The van der Waals surface area contributed by atoms with Gasteiger partial charge in [0.25, 0.3) is 0 Å². The minimum absolute atomic E-state index is 0.579. The quantitative estimate of drug-likeness (QED) is 0.376. The van der Waals surface area contributed by atoms with Crippen molar-refractivity contribution >= 4 is 0 Å². The standard InChI is InChI=1S/C3H7N2O/c6-3-4-1-2-5-3/h3-4,6H,1-2H2. The van der Waals surface area contributed by atoms with Crippen molar-refractivity contribution in [2.75, 3.05) is 13.1 Å². The molecule has 0 aromatic heterocycles. The topological polar surface area (TPSA) is 46.4 Å². The second-order valence-electron chi connectivity index (χ2n) is 1.23. The van der Waals surface area contributed by atoms with Gasteiger partial charge in [0.15, 0.2) is 6.35 Å². The lowest BCUT2D eigenvalue weighted by atomic mass is 10.7. The highest BCUT2D eigenvalue weighted by Gasteiger charge is 2.07. The second kappa shape index (κ2) is 1.55. The third kappa shape index (κ3) is 0.680. The van der Waals surface area contributed by atoms with E-state index in [1.165, 1.54) is 0 Å². The molecule has 1 atom stereocenters. The maximum absolute atomic E-state index is 8.45. The van der Waals surface area contributed by atoms with Crippen LogP contribution in [0.1, 0.15) is 0 Å². The lowest BCUT2D eigenvalue weighted by Crippen LogP contribution is -2.25. The second-order valence-corrected chi connectivity index (χ2v) is 1.23. The molecule has 0 bridgehead atoms. The van der Waals surface area contributed by atoms with Gasteiger partial charge in [0.05, 0.1) is 0 Å². The van der Waals surface area contributed by atoms with Gasteiger partial charge in [-0.2, -0.15) is 5.32 Å². The van der Waals surface area contributed by atoms with Crippen LogP contribution in [0.25, 0.3) is 0 Å². The van der Waals surface area contributed by atoms with Crippen molar-refractivity contribution in [2.24, 2.45) is 0 Å². The smallest absolute Gasteiger partial charge is 0.176 e. The number of aliphatic hydroxyl groups is 1. The summed E-state index contributed by atoms with van der Waals surface area (Å²) < 4.78 is 0. The average molecular weight is 87.1 g/mol. The van der Waals surface area contributed by atoms with E-state index in [4.69, 9.17) is 5.11 Å². The van der Waals surface area contributed by atoms with Crippen LogP contribution in [0, 0.1) is 0 Å². The van der Waals surface area contributed by atoms with E-state index in [1.807, 2.05) is 0 Å². The highest BCUT2D eigenvalue weighted by molar-refractivity contribution is 4.60. The van der Waals surface area contributed by atoms with E-state index >= 15 is 0 Å². The molecule has 0 aromatic rings. The van der Waals surface area contributed by atoms with Crippen LogP contribution in [0.4, 0.5) is 0 Å². The molecule has 1 aliphatic rings. The van der Waals surface area contributed by atoms with Crippen molar-refractivity contribution in [3.8, 4) is 0 Å². The summed E-state index contributed by atoms with van der Waals surface area (Å²) in [6, 6.07) is 0. The number of hydrogen-bond acceptors (Lipinski definition) is 2. The molecular formula is C3H7N2O. The largest absolute Gasteiger partial charge is 0.364 e. The van der Waals surface area contributed by atoms with Crippen LogP contribution < -0.4 is 10.6 Å². The summed E-state index contributed by atoms with van der Waals surface area (Å²) in [5.41, 5.74) is 0. The molecule has 0 aliphatic carbocycles. The lowest BCUT2D eigenvalue weighted by Gasteiger charge is -1.93. The first-order valence-corrected chi connectivity index (χ1v) is 1.97. The van der Waals surface area contributed by atoms with Crippen molar-refractivity contribution in [2.45, 2.75) is 6.35 Å². The summed E-state index contributed by atoms with van der Waals surface area (Å²) in [5, 5.41) is 14.8. The Morgan fingerprint density at radius 2 is 2.67 bits per heavy atom. The van der Waals surface area contributed by atoms with E-state index in [1.54, 1.807) is 0 Å². The number of hydrogen-bond donors (Lipinski definition) is 2. The summed E-state index contributed by atoms with van der Waals surface area (Å²) in [6.07, 6.45) is -0.579. The molecule has 1 unspecified atom stereocenters. The van der Waals surface area contributed by atoms with Crippen molar-refractivity contribution in [1.82, 2.24) is 10.6 Å². The molecule has 35 valence electrons. The highest BCUT2D eigenvalue weighted by Crippen LogP contribution is 1.78. The number of aliphatic hydroxyl groups excluding tert-OH is 1. The SMILES string of the molecule is OC1[N]CCN1. The summed E-state index contributed by atoms with van der Waals surface area (Å²) in [6.45, 7) is 1.57. The van der Waals surface area contributed by atoms with Gasteiger partial charge in [0.2, 0.25) is 0 Å². The first kappa shape index (κ1) is 4.05. The van der Waals surface area contributed by atoms with Gasteiger partial charge in [-0.3, -0.25) is 5.32 Å². The zero-order valence-corrected chi connectivity index (χ0v) is 3.39. The van der Waals surface area contributed by atoms with Crippen molar-refractivity contribution in [3.05, 3.63) is 0 Å². The molecule has 1 rings (SSSR count). The van der Waals surface area contributed by atoms with Crippen molar-refractivity contribution in [3.63, 3.8) is 0 Å². The third-order valence-electron chi connectivity index (χ3n) is 0.741. The van der Waals surface area contributed by atoms with Gasteiger partial charge in [0.1, 0.15) is 0 Å². The molecule has 1 fully saturated rings. The van der Waals surface area contributed by atoms with Gasteiger partial charge in [-0.05, 0) is 0 Å². The first-order valence-electron chi connectivity index (χ1n) is 1.97. The first-order chi connectivity index (χ1) is 2.89. The highest BCUT2D eigenvalue weighted by atomic mass is 16.3. The molecule has 0 spiro atoms. The van der Waals surface area contributed by atoms with E-state index in [2.05, 4.69) is 10.6 Å². The van der Waals surface area contributed by atoms with Gasteiger partial charge in [-0.1, -0.05) is 0 Å². The van der Waals surface area contributed by atoms with Gasteiger partial charge in [0, 0.05) is 13.1 Å². The van der Waals surface area contributed by atoms with Crippen molar-refractivity contribution in [1.29, 1.82) is 0 Å². The molecule has 0 amide bonds. The molecule has 0 aromatic carbocycles. The molecule has 1 saturated heterocycles. The van der Waals surface area contributed by atoms with Crippen LogP contribution in [0.3, 0.4) is 0 Å². The number of nitrogens with one attached hydrogen (secondary N) is 1. The summed E-state index contributed by atoms with van der Waals surface area (Å²) in [4.78, 5) is 0. The Bertz CT molecular complexity index is 42.1. The molecule has 1 heterocycles. The van der Waals surface area contributed by atoms with Crippen LogP contribution in [-0.4, -0.2) is 24.5 Å². The molecule has 1 radical (unpaired) electrons. The van der Waals surface area contributed by atoms with Gasteiger partial charge >= 0.3 is 0 Å². The lowest BCUT2D eigenvalue weighted by molar-refractivity contribution is 0.135. The average Bonchev–Trinajstić information content (AvgIpc) is 1.86. The molecule has 3 heteroatoms. The molecule has 3 nitrogen and oxygen atoms in total. The fraction of sp³-hybridized carbons (Fsp3) is 1.00. The van der Waals surface area contributed by atoms with Gasteiger partial charge in [-0.25, -0.2) is 0 Å². The molecule has 2 N–H and O–H groups in total. The summed E-state index contributed by atoms with van der Waals surface area (Å²) >= 11 is 0. The maximum Gasteiger partial charge on any atom is 0.176 e. The van der Waals surface area contributed by atoms with E-state index in [0.717, 1.165) is 13.1 Å². The van der Waals surface area contributed by atoms with E-state index < -0.39 is 6.35 Å². The third-order valence-corrected chi connectivity index (χ3v) is 0.741. The predicted octanol–water partition coefficient (Wildman–Crippen LogP) is -1.53.